The van der Waals surface area contributed by atoms with Crippen molar-refractivity contribution < 1.29 is 19.0 Å². The molecule has 0 aromatic heterocycles. The fraction of sp³-hybridized carbons (Fsp3) is 0.579. The number of nitrogens with two attached hydrogens (primary N) is 1. The molecule has 1 amide bonds. The first kappa shape index (κ1) is 21.0. The van der Waals surface area contributed by atoms with E-state index in [-0.39, 0.29) is 6.61 Å². The summed E-state index contributed by atoms with van der Waals surface area (Å²) in [5.74, 6) is 1.39. The van der Waals surface area contributed by atoms with E-state index in [1.54, 1.807) is 13.1 Å². The second kappa shape index (κ2) is 12.1. The molecule has 1 aromatic carbocycles. The third-order valence-electron chi connectivity index (χ3n) is 4.10. The van der Waals surface area contributed by atoms with Gasteiger partial charge in [0, 0.05) is 39.3 Å². The molecule has 1 fully saturated rings. The van der Waals surface area contributed by atoms with Crippen LogP contribution in [0.1, 0.15) is 18.4 Å². The Morgan fingerprint density at radius 3 is 3.04 bits per heavy atom. The molecule has 4 N–H and O–H groups in total. The third-order valence-corrected chi connectivity index (χ3v) is 4.10. The van der Waals surface area contributed by atoms with Crippen molar-refractivity contribution in [2.45, 2.75) is 19.4 Å². The summed E-state index contributed by atoms with van der Waals surface area (Å²) in [7, 11) is 1.73. The first-order valence-electron chi connectivity index (χ1n) is 9.27. The van der Waals surface area contributed by atoms with Gasteiger partial charge >= 0.3 is 0 Å². The topological polar surface area (TPSA) is 107 Å². The van der Waals surface area contributed by atoms with Gasteiger partial charge in [-0.15, -0.1) is 0 Å². The van der Waals surface area contributed by atoms with E-state index in [1.807, 2.05) is 18.2 Å². The number of carbonyl (C=O) groups is 1. The number of ether oxygens (including phenoxy) is 3. The fourth-order valence-corrected chi connectivity index (χ4v) is 2.65. The van der Waals surface area contributed by atoms with Crippen molar-refractivity contribution in [3.05, 3.63) is 29.8 Å². The molecule has 8 nitrogen and oxygen atoms in total. The van der Waals surface area contributed by atoms with E-state index in [1.165, 1.54) is 0 Å². The molecule has 27 heavy (non-hydrogen) atoms. The molecule has 1 heterocycles. The minimum absolute atomic E-state index is 0.129. The predicted molar refractivity (Wildman–Crippen MR) is 104 cm³/mol. The zero-order valence-corrected chi connectivity index (χ0v) is 15.9. The van der Waals surface area contributed by atoms with Crippen LogP contribution in [-0.4, -0.2) is 58.5 Å². The van der Waals surface area contributed by atoms with Crippen molar-refractivity contribution in [2.75, 3.05) is 46.6 Å². The van der Waals surface area contributed by atoms with Crippen LogP contribution in [0, 0.1) is 5.92 Å². The Balaban J connectivity index is 1.60. The number of primary amides is 1. The molecule has 8 heteroatoms. The largest absolute Gasteiger partial charge is 0.484 e. The molecule has 150 valence electrons. The Bertz CT molecular complexity index is 603. The first-order valence-corrected chi connectivity index (χ1v) is 9.27. The number of hydrogen-bond acceptors (Lipinski definition) is 5. The molecule has 1 saturated heterocycles. The van der Waals surface area contributed by atoms with Crippen LogP contribution < -0.4 is 21.1 Å². The number of rotatable bonds is 11. The number of aliphatic imine (C=N–C) groups is 1. The zero-order valence-electron chi connectivity index (χ0n) is 15.9. The van der Waals surface area contributed by atoms with E-state index in [0.717, 1.165) is 57.3 Å². The SMILES string of the molecule is CN=C(NCCCOCC1CCOC1)NCc1cccc(OCC(N)=O)c1. The highest BCUT2D eigenvalue weighted by atomic mass is 16.5. The number of amides is 1. The number of guanidine groups is 1. The van der Waals surface area contributed by atoms with Gasteiger partial charge in [0.15, 0.2) is 12.6 Å². The van der Waals surface area contributed by atoms with E-state index in [4.69, 9.17) is 19.9 Å². The molecule has 0 aliphatic carbocycles. The molecule has 1 aromatic rings. The van der Waals surface area contributed by atoms with Gasteiger partial charge in [-0.05, 0) is 30.5 Å². The Morgan fingerprint density at radius 1 is 1.41 bits per heavy atom. The molecule has 2 rings (SSSR count). The monoisotopic (exact) mass is 378 g/mol. The second-order valence-corrected chi connectivity index (χ2v) is 6.41. The second-order valence-electron chi connectivity index (χ2n) is 6.41. The molecule has 1 unspecified atom stereocenters. The lowest BCUT2D eigenvalue weighted by Gasteiger charge is -2.13. The van der Waals surface area contributed by atoms with Gasteiger partial charge in [-0.25, -0.2) is 0 Å². The van der Waals surface area contributed by atoms with Gasteiger partial charge in [0.2, 0.25) is 0 Å². The minimum Gasteiger partial charge on any atom is -0.484 e. The van der Waals surface area contributed by atoms with Crippen molar-refractivity contribution in [1.29, 1.82) is 0 Å². The predicted octanol–water partition coefficient (Wildman–Crippen LogP) is 0.659. The Labute approximate surface area is 160 Å². The van der Waals surface area contributed by atoms with Crippen LogP contribution in [-0.2, 0) is 20.8 Å². The van der Waals surface area contributed by atoms with Gasteiger partial charge in [0.1, 0.15) is 5.75 Å². The maximum atomic E-state index is 10.8. The van der Waals surface area contributed by atoms with Gasteiger partial charge in [-0.1, -0.05) is 12.1 Å². The van der Waals surface area contributed by atoms with Crippen LogP contribution in [0.5, 0.6) is 5.75 Å². The molecular weight excluding hydrogens is 348 g/mol. The summed E-state index contributed by atoms with van der Waals surface area (Å²) < 4.78 is 16.3. The summed E-state index contributed by atoms with van der Waals surface area (Å²) >= 11 is 0. The normalized spacial score (nSPS) is 16.9. The van der Waals surface area contributed by atoms with Crippen LogP contribution >= 0.6 is 0 Å². The van der Waals surface area contributed by atoms with Crippen LogP contribution in [0.3, 0.4) is 0 Å². The fourth-order valence-electron chi connectivity index (χ4n) is 2.65. The standard InChI is InChI=1S/C19H30N4O4/c1-21-19(22-7-3-8-25-12-16-6-9-26-13-16)23-11-15-4-2-5-17(10-15)27-14-18(20)24/h2,4-5,10,16H,3,6-9,11-14H2,1H3,(H2,20,24)(H2,21,22,23). The van der Waals surface area contributed by atoms with Gasteiger partial charge in [0.25, 0.3) is 5.91 Å². The molecular formula is C19H30N4O4. The van der Waals surface area contributed by atoms with Crippen molar-refractivity contribution in [2.24, 2.45) is 16.6 Å². The third kappa shape index (κ3) is 8.74. The highest BCUT2D eigenvalue weighted by molar-refractivity contribution is 5.79. The van der Waals surface area contributed by atoms with Crippen LogP contribution in [0.2, 0.25) is 0 Å². The lowest BCUT2D eigenvalue weighted by atomic mass is 10.1. The average Bonchev–Trinajstić information content (AvgIpc) is 3.19. The molecule has 1 atom stereocenters. The van der Waals surface area contributed by atoms with Crippen LogP contribution in [0.4, 0.5) is 0 Å². The summed E-state index contributed by atoms with van der Waals surface area (Å²) in [5.41, 5.74) is 6.10. The summed E-state index contributed by atoms with van der Waals surface area (Å²) in [6.07, 6.45) is 2.01. The highest BCUT2D eigenvalue weighted by Crippen LogP contribution is 2.13. The molecule has 0 spiro atoms. The number of hydrogen-bond donors (Lipinski definition) is 3. The molecule has 0 saturated carbocycles. The van der Waals surface area contributed by atoms with Gasteiger partial charge < -0.3 is 30.6 Å². The average molecular weight is 378 g/mol. The number of nitrogens with one attached hydrogen (secondary N) is 2. The van der Waals surface area contributed by atoms with Crippen molar-refractivity contribution in [1.82, 2.24) is 10.6 Å². The number of nitrogens with zero attached hydrogens (tertiary/aromatic N) is 1. The van der Waals surface area contributed by atoms with E-state index in [0.29, 0.717) is 18.2 Å². The number of benzene rings is 1. The van der Waals surface area contributed by atoms with Crippen LogP contribution in [0.25, 0.3) is 0 Å². The molecule has 0 radical (unpaired) electrons. The number of carbonyl (C=O) groups excluding carboxylic acids is 1. The Morgan fingerprint density at radius 2 is 2.30 bits per heavy atom. The lowest BCUT2D eigenvalue weighted by molar-refractivity contribution is -0.119. The maximum absolute atomic E-state index is 10.8. The van der Waals surface area contributed by atoms with Crippen molar-refractivity contribution in [3.8, 4) is 5.75 Å². The molecule has 1 aliphatic rings. The summed E-state index contributed by atoms with van der Waals surface area (Å²) in [5, 5.41) is 6.51. The van der Waals surface area contributed by atoms with Crippen molar-refractivity contribution in [3.63, 3.8) is 0 Å². The molecule has 1 aliphatic heterocycles. The minimum atomic E-state index is -0.497. The highest BCUT2D eigenvalue weighted by Gasteiger charge is 2.15. The van der Waals surface area contributed by atoms with E-state index in [9.17, 15) is 4.79 Å². The first-order chi connectivity index (χ1) is 13.2. The maximum Gasteiger partial charge on any atom is 0.255 e. The van der Waals surface area contributed by atoms with Gasteiger partial charge in [0.05, 0.1) is 13.2 Å². The smallest absolute Gasteiger partial charge is 0.255 e. The Hall–Kier alpha value is -2.32. The summed E-state index contributed by atoms with van der Waals surface area (Å²) in [6.45, 7) is 4.42. The van der Waals surface area contributed by atoms with Gasteiger partial charge in [-0.2, -0.15) is 0 Å². The van der Waals surface area contributed by atoms with E-state index in [2.05, 4.69) is 15.6 Å². The Kier molecular flexibility index (Phi) is 9.43. The zero-order chi connectivity index (χ0) is 19.3. The quantitative estimate of drug-likeness (QED) is 0.297. The van der Waals surface area contributed by atoms with E-state index >= 15 is 0 Å². The lowest BCUT2D eigenvalue weighted by Crippen LogP contribution is -2.37. The summed E-state index contributed by atoms with van der Waals surface area (Å²) in [6, 6.07) is 7.50. The van der Waals surface area contributed by atoms with E-state index < -0.39 is 5.91 Å². The van der Waals surface area contributed by atoms with Crippen molar-refractivity contribution >= 4 is 11.9 Å². The summed E-state index contributed by atoms with van der Waals surface area (Å²) in [4.78, 5) is 15.0. The molecule has 0 bridgehead atoms. The van der Waals surface area contributed by atoms with Gasteiger partial charge in [-0.3, -0.25) is 9.79 Å². The van der Waals surface area contributed by atoms with Crippen LogP contribution in [0.15, 0.2) is 29.3 Å².